The molecule has 2 aromatic rings. The van der Waals surface area contributed by atoms with Crippen LogP contribution in [0.5, 0.6) is 0 Å². The summed E-state index contributed by atoms with van der Waals surface area (Å²) in [4.78, 5) is 22.6. The van der Waals surface area contributed by atoms with Crippen molar-refractivity contribution in [2.24, 2.45) is 0 Å². The summed E-state index contributed by atoms with van der Waals surface area (Å²) in [6, 6.07) is 5.18. The molecule has 0 aliphatic heterocycles. The van der Waals surface area contributed by atoms with Crippen LogP contribution in [0.3, 0.4) is 0 Å². The SMILES string of the molecule is CCc1cc(=O)[nH]c(-c2ncccc2Br)n1. The molecular formula is C11H10BrN3O. The summed E-state index contributed by atoms with van der Waals surface area (Å²) in [7, 11) is 0. The molecule has 0 aromatic carbocycles. The topological polar surface area (TPSA) is 58.6 Å². The van der Waals surface area contributed by atoms with Gasteiger partial charge in [0.2, 0.25) is 0 Å². The standard InChI is InChI=1S/C11H10BrN3O/c1-2-7-6-9(16)15-11(14-7)10-8(12)4-3-5-13-10/h3-6H,2H2,1H3,(H,14,15,16). The molecule has 0 aliphatic carbocycles. The van der Waals surface area contributed by atoms with Gasteiger partial charge in [0.1, 0.15) is 5.69 Å². The number of hydrogen-bond acceptors (Lipinski definition) is 3. The van der Waals surface area contributed by atoms with Gasteiger partial charge in [0.05, 0.1) is 0 Å². The Morgan fingerprint density at radius 2 is 2.31 bits per heavy atom. The minimum Gasteiger partial charge on any atom is -0.305 e. The van der Waals surface area contributed by atoms with E-state index in [-0.39, 0.29) is 5.56 Å². The largest absolute Gasteiger partial charge is 0.305 e. The van der Waals surface area contributed by atoms with Crippen LogP contribution in [0.4, 0.5) is 0 Å². The van der Waals surface area contributed by atoms with Crippen molar-refractivity contribution in [2.75, 3.05) is 0 Å². The van der Waals surface area contributed by atoms with Crippen molar-refractivity contribution < 1.29 is 0 Å². The van der Waals surface area contributed by atoms with E-state index < -0.39 is 0 Å². The van der Waals surface area contributed by atoms with E-state index in [4.69, 9.17) is 0 Å². The van der Waals surface area contributed by atoms with Gasteiger partial charge in [0, 0.05) is 22.4 Å². The molecule has 0 atom stereocenters. The highest BCUT2D eigenvalue weighted by Crippen LogP contribution is 2.21. The van der Waals surface area contributed by atoms with E-state index in [1.807, 2.05) is 19.1 Å². The van der Waals surface area contributed by atoms with Gasteiger partial charge in [-0.3, -0.25) is 9.78 Å². The third-order valence-corrected chi connectivity index (χ3v) is 2.78. The molecule has 5 heteroatoms. The Balaban J connectivity index is 2.60. The molecule has 0 bridgehead atoms. The van der Waals surface area contributed by atoms with Crippen LogP contribution in [0.25, 0.3) is 11.5 Å². The van der Waals surface area contributed by atoms with E-state index in [0.29, 0.717) is 11.5 Å². The summed E-state index contributed by atoms with van der Waals surface area (Å²) in [5.41, 5.74) is 1.26. The second-order valence-electron chi connectivity index (χ2n) is 3.27. The Morgan fingerprint density at radius 1 is 1.50 bits per heavy atom. The molecule has 2 rings (SSSR count). The zero-order chi connectivity index (χ0) is 11.5. The van der Waals surface area contributed by atoms with Crippen LogP contribution in [-0.2, 0) is 6.42 Å². The number of hydrogen-bond donors (Lipinski definition) is 1. The maximum atomic E-state index is 11.4. The predicted octanol–water partition coefficient (Wildman–Crippen LogP) is 2.16. The molecule has 0 saturated heterocycles. The first-order valence-electron chi connectivity index (χ1n) is 4.92. The van der Waals surface area contributed by atoms with Crippen LogP contribution < -0.4 is 5.56 Å². The van der Waals surface area contributed by atoms with Crippen LogP contribution in [0, 0.1) is 0 Å². The minimum atomic E-state index is -0.153. The number of pyridine rings is 1. The number of aromatic amines is 1. The molecule has 2 heterocycles. The Morgan fingerprint density at radius 3 is 3.00 bits per heavy atom. The summed E-state index contributed by atoms with van der Waals surface area (Å²) in [5, 5.41) is 0. The first kappa shape index (κ1) is 11.0. The van der Waals surface area contributed by atoms with Gasteiger partial charge in [-0.25, -0.2) is 4.98 Å². The van der Waals surface area contributed by atoms with Gasteiger partial charge in [-0.05, 0) is 34.5 Å². The van der Waals surface area contributed by atoms with Crippen LogP contribution in [0.15, 0.2) is 33.7 Å². The number of aryl methyl sites for hydroxylation is 1. The van der Waals surface area contributed by atoms with Crippen molar-refractivity contribution in [3.63, 3.8) is 0 Å². The third kappa shape index (κ3) is 2.19. The van der Waals surface area contributed by atoms with Crippen molar-refractivity contribution in [1.82, 2.24) is 15.0 Å². The van der Waals surface area contributed by atoms with Crippen LogP contribution in [-0.4, -0.2) is 15.0 Å². The van der Waals surface area contributed by atoms with Crippen LogP contribution >= 0.6 is 15.9 Å². The normalized spacial score (nSPS) is 10.4. The predicted molar refractivity (Wildman–Crippen MR) is 65.2 cm³/mol. The number of nitrogens with zero attached hydrogens (tertiary/aromatic N) is 2. The lowest BCUT2D eigenvalue weighted by Crippen LogP contribution is -2.10. The van der Waals surface area contributed by atoms with Gasteiger partial charge in [-0.2, -0.15) is 0 Å². The van der Waals surface area contributed by atoms with Gasteiger partial charge >= 0.3 is 0 Å². The van der Waals surface area contributed by atoms with Crippen molar-refractivity contribution in [2.45, 2.75) is 13.3 Å². The summed E-state index contributed by atoms with van der Waals surface area (Å²) in [6.45, 7) is 1.96. The van der Waals surface area contributed by atoms with E-state index in [2.05, 4.69) is 30.9 Å². The van der Waals surface area contributed by atoms with Gasteiger partial charge in [-0.1, -0.05) is 6.92 Å². The second-order valence-corrected chi connectivity index (χ2v) is 4.13. The molecule has 0 radical (unpaired) electrons. The summed E-state index contributed by atoms with van der Waals surface area (Å²) in [5.74, 6) is 0.497. The van der Waals surface area contributed by atoms with Crippen molar-refractivity contribution in [3.05, 3.63) is 44.9 Å². The second kappa shape index (κ2) is 4.57. The Labute approximate surface area is 101 Å². The lowest BCUT2D eigenvalue weighted by atomic mass is 10.3. The molecular weight excluding hydrogens is 270 g/mol. The summed E-state index contributed by atoms with van der Waals surface area (Å²) < 4.78 is 0.811. The fraction of sp³-hybridized carbons (Fsp3) is 0.182. The minimum absolute atomic E-state index is 0.153. The Kier molecular flexibility index (Phi) is 3.14. The fourth-order valence-electron chi connectivity index (χ4n) is 1.36. The number of H-pyrrole nitrogens is 1. The highest BCUT2D eigenvalue weighted by molar-refractivity contribution is 9.10. The zero-order valence-electron chi connectivity index (χ0n) is 8.70. The van der Waals surface area contributed by atoms with E-state index >= 15 is 0 Å². The average Bonchev–Trinajstić information content (AvgIpc) is 2.28. The Bertz CT molecular complexity index is 565. The molecule has 0 aliphatic rings. The summed E-state index contributed by atoms with van der Waals surface area (Å²) >= 11 is 3.38. The van der Waals surface area contributed by atoms with Gasteiger partial charge in [-0.15, -0.1) is 0 Å². The molecule has 0 spiro atoms. The Hall–Kier alpha value is -1.49. The quantitative estimate of drug-likeness (QED) is 0.917. The highest BCUT2D eigenvalue weighted by atomic mass is 79.9. The lowest BCUT2D eigenvalue weighted by Gasteiger charge is -2.03. The average molecular weight is 280 g/mol. The van der Waals surface area contributed by atoms with Crippen LogP contribution in [0.2, 0.25) is 0 Å². The van der Waals surface area contributed by atoms with Crippen LogP contribution in [0.1, 0.15) is 12.6 Å². The van der Waals surface area contributed by atoms with Gasteiger partial charge < -0.3 is 4.98 Å². The molecule has 82 valence electrons. The van der Waals surface area contributed by atoms with Gasteiger partial charge in [0.25, 0.3) is 5.56 Å². The van der Waals surface area contributed by atoms with Gasteiger partial charge in [0.15, 0.2) is 5.82 Å². The molecule has 2 aromatic heterocycles. The molecule has 4 nitrogen and oxygen atoms in total. The lowest BCUT2D eigenvalue weighted by molar-refractivity contribution is 0.978. The van der Waals surface area contributed by atoms with Crippen molar-refractivity contribution in [1.29, 1.82) is 0 Å². The van der Waals surface area contributed by atoms with E-state index in [1.165, 1.54) is 6.07 Å². The van der Waals surface area contributed by atoms with Crippen molar-refractivity contribution in [3.8, 4) is 11.5 Å². The zero-order valence-corrected chi connectivity index (χ0v) is 10.3. The van der Waals surface area contributed by atoms with E-state index in [0.717, 1.165) is 16.6 Å². The first-order chi connectivity index (χ1) is 7.70. The summed E-state index contributed by atoms with van der Waals surface area (Å²) in [6.07, 6.45) is 2.39. The number of rotatable bonds is 2. The number of halogens is 1. The molecule has 0 unspecified atom stereocenters. The fourth-order valence-corrected chi connectivity index (χ4v) is 1.80. The molecule has 16 heavy (non-hydrogen) atoms. The monoisotopic (exact) mass is 279 g/mol. The highest BCUT2D eigenvalue weighted by Gasteiger charge is 2.07. The molecule has 0 amide bonds. The number of nitrogens with one attached hydrogen (secondary N) is 1. The molecule has 0 fully saturated rings. The van der Waals surface area contributed by atoms with E-state index in [9.17, 15) is 4.79 Å². The number of aromatic nitrogens is 3. The smallest absolute Gasteiger partial charge is 0.251 e. The van der Waals surface area contributed by atoms with Crippen molar-refractivity contribution >= 4 is 15.9 Å². The van der Waals surface area contributed by atoms with E-state index in [1.54, 1.807) is 6.20 Å². The molecule has 0 saturated carbocycles. The molecule has 1 N–H and O–H groups in total. The maximum absolute atomic E-state index is 11.4. The maximum Gasteiger partial charge on any atom is 0.251 e. The third-order valence-electron chi connectivity index (χ3n) is 2.14. The first-order valence-corrected chi connectivity index (χ1v) is 5.71.